The summed E-state index contributed by atoms with van der Waals surface area (Å²) >= 11 is 0. The summed E-state index contributed by atoms with van der Waals surface area (Å²) in [5, 5.41) is 2.76. The maximum Gasteiger partial charge on any atom is 0.419 e. The molecule has 0 unspecified atom stereocenters. The number of hydrogen-bond acceptors (Lipinski definition) is 4. The van der Waals surface area contributed by atoms with Gasteiger partial charge in [-0.25, -0.2) is 9.18 Å². The van der Waals surface area contributed by atoms with Crippen molar-refractivity contribution in [1.29, 1.82) is 0 Å². The zero-order chi connectivity index (χ0) is 19.5. The topological polar surface area (TPSA) is 67.5 Å². The number of aryl methyl sites for hydroxylation is 1. The number of nitrogens with one attached hydrogen (secondary N) is 1. The molecule has 7 heteroatoms. The number of fused-ring (bicyclic) bond motifs is 1. The average Bonchev–Trinajstić information content (AvgIpc) is 3.30. The Hall–Kier alpha value is -3.09. The standard InChI is InChI=1S/C21H22FN3O3/c22-15-12-16(14-17(13-15)24-9-3-4-10-24)23-20(26)8-5-11-25-18-6-1-2-7-19(18)28-21(25)27/h1-2,6-7,12-14H,3-5,8-11H2,(H,23,26). The van der Waals surface area contributed by atoms with Crippen molar-refractivity contribution < 1.29 is 13.6 Å². The maximum atomic E-state index is 13.9. The molecule has 1 amide bonds. The molecular formula is C21H22FN3O3. The highest BCUT2D eigenvalue weighted by Gasteiger charge is 2.15. The molecule has 1 fully saturated rings. The van der Waals surface area contributed by atoms with Gasteiger partial charge in [0.15, 0.2) is 5.58 Å². The highest BCUT2D eigenvalue weighted by atomic mass is 19.1. The van der Waals surface area contributed by atoms with Crippen LogP contribution in [-0.4, -0.2) is 23.6 Å². The summed E-state index contributed by atoms with van der Waals surface area (Å²) in [5.74, 6) is -1.00. The number of carbonyl (C=O) groups excluding carboxylic acids is 1. The number of aromatic nitrogens is 1. The molecule has 1 saturated heterocycles. The first kappa shape index (κ1) is 18.3. The molecule has 1 aromatic heterocycles. The smallest absolute Gasteiger partial charge is 0.408 e. The van der Waals surface area contributed by atoms with Crippen molar-refractivity contribution in [2.24, 2.45) is 0 Å². The van der Waals surface area contributed by atoms with E-state index >= 15 is 0 Å². The van der Waals surface area contributed by atoms with Crippen LogP contribution in [0.5, 0.6) is 0 Å². The number of hydrogen-bond donors (Lipinski definition) is 1. The van der Waals surface area contributed by atoms with Crippen molar-refractivity contribution in [3.63, 3.8) is 0 Å². The molecule has 28 heavy (non-hydrogen) atoms. The second-order valence-corrected chi connectivity index (χ2v) is 7.03. The molecule has 2 aromatic carbocycles. The number of para-hydroxylation sites is 2. The van der Waals surface area contributed by atoms with E-state index in [2.05, 4.69) is 10.2 Å². The van der Waals surface area contributed by atoms with E-state index in [-0.39, 0.29) is 18.1 Å². The van der Waals surface area contributed by atoms with Crippen LogP contribution in [0.2, 0.25) is 0 Å². The van der Waals surface area contributed by atoms with Gasteiger partial charge in [0, 0.05) is 37.4 Å². The molecule has 0 radical (unpaired) electrons. The van der Waals surface area contributed by atoms with Gasteiger partial charge >= 0.3 is 5.76 Å². The molecule has 0 bridgehead atoms. The Morgan fingerprint density at radius 2 is 1.93 bits per heavy atom. The predicted molar refractivity (Wildman–Crippen MR) is 106 cm³/mol. The summed E-state index contributed by atoms with van der Waals surface area (Å²) < 4.78 is 20.6. The van der Waals surface area contributed by atoms with Crippen molar-refractivity contribution >= 4 is 28.4 Å². The molecule has 0 saturated carbocycles. The Bertz CT molecular complexity index is 1050. The third kappa shape index (κ3) is 3.93. The van der Waals surface area contributed by atoms with E-state index in [1.165, 1.54) is 16.7 Å². The first-order valence-corrected chi connectivity index (χ1v) is 9.54. The monoisotopic (exact) mass is 383 g/mol. The fraction of sp³-hybridized carbons (Fsp3) is 0.333. The number of carbonyl (C=O) groups is 1. The van der Waals surface area contributed by atoms with E-state index in [4.69, 9.17) is 4.42 Å². The summed E-state index contributed by atoms with van der Waals surface area (Å²) in [7, 11) is 0. The van der Waals surface area contributed by atoms with Crippen molar-refractivity contribution in [2.45, 2.75) is 32.2 Å². The number of rotatable bonds is 6. The van der Waals surface area contributed by atoms with E-state index in [1.54, 1.807) is 18.2 Å². The number of oxazole rings is 1. The number of halogens is 1. The maximum absolute atomic E-state index is 13.9. The van der Waals surface area contributed by atoms with Gasteiger partial charge in [0.25, 0.3) is 0 Å². The minimum Gasteiger partial charge on any atom is -0.408 e. The zero-order valence-electron chi connectivity index (χ0n) is 15.5. The SMILES string of the molecule is O=C(CCCn1c(=O)oc2ccccc21)Nc1cc(F)cc(N2CCCC2)c1. The van der Waals surface area contributed by atoms with Gasteiger partial charge in [-0.15, -0.1) is 0 Å². The summed E-state index contributed by atoms with van der Waals surface area (Å²) in [6.07, 6.45) is 2.89. The van der Waals surface area contributed by atoms with Gasteiger partial charge in [-0.2, -0.15) is 0 Å². The molecule has 6 nitrogen and oxygen atoms in total. The van der Waals surface area contributed by atoms with Crippen molar-refractivity contribution in [3.05, 3.63) is 58.8 Å². The summed E-state index contributed by atoms with van der Waals surface area (Å²) in [4.78, 5) is 26.4. The lowest BCUT2D eigenvalue weighted by atomic mass is 10.2. The second-order valence-electron chi connectivity index (χ2n) is 7.03. The minimum atomic E-state index is -0.429. The first-order chi connectivity index (χ1) is 13.6. The molecule has 0 atom stereocenters. The minimum absolute atomic E-state index is 0.209. The van der Waals surface area contributed by atoms with Crippen LogP contribution in [0.15, 0.2) is 51.7 Å². The summed E-state index contributed by atoms with van der Waals surface area (Å²) in [5.41, 5.74) is 2.50. The van der Waals surface area contributed by atoms with Gasteiger partial charge in [0.2, 0.25) is 5.91 Å². The molecule has 0 spiro atoms. The van der Waals surface area contributed by atoms with E-state index < -0.39 is 5.76 Å². The average molecular weight is 383 g/mol. The summed E-state index contributed by atoms with van der Waals surface area (Å²) in [6.45, 7) is 2.19. The number of anilines is 2. The quantitative estimate of drug-likeness (QED) is 0.704. The Labute approximate surface area is 161 Å². The molecule has 1 aliphatic heterocycles. The van der Waals surface area contributed by atoms with Crippen LogP contribution in [0.3, 0.4) is 0 Å². The Morgan fingerprint density at radius 3 is 2.75 bits per heavy atom. The number of amides is 1. The van der Waals surface area contributed by atoms with E-state index in [0.29, 0.717) is 29.8 Å². The van der Waals surface area contributed by atoms with Gasteiger partial charge in [-0.05, 0) is 49.6 Å². The van der Waals surface area contributed by atoms with Crippen molar-refractivity contribution in [3.8, 4) is 0 Å². The third-order valence-electron chi connectivity index (χ3n) is 5.00. The van der Waals surface area contributed by atoms with Crippen LogP contribution in [-0.2, 0) is 11.3 Å². The summed E-state index contributed by atoms with van der Waals surface area (Å²) in [6, 6.07) is 11.8. The van der Waals surface area contributed by atoms with Gasteiger partial charge in [0.05, 0.1) is 5.52 Å². The van der Waals surface area contributed by atoms with Crippen LogP contribution >= 0.6 is 0 Å². The van der Waals surface area contributed by atoms with Crippen LogP contribution in [0, 0.1) is 5.82 Å². The van der Waals surface area contributed by atoms with Crippen LogP contribution in [0.4, 0.5) is 15.8 Å². The van der Waals surface area contributed by atoms with Crippen LogP contribution < -0.4 is 16.0 Å². The van der Waals surface area contributed by atoms with E-state index in [1.807, 2.05) is 12.1 Å². The molecule has 1 aliphatic rings. The first-order valence-electron chi connectivity index (χ1n) is 9.54. The largest absolute Gasteiger partial charge is 0.419 e. The Kier molecular flexibility index (Phi) is 5.14. The highest BCUT2D eigenvalue weighted by molar-refractivity contribution is 5.91. The Morgan fingerprint density at radius 1 is 1.14 bits per heavy atom. The molecule has 3 aromatic rings. The van der Waals surface area contributed by atoms with Crippen molar-refractivity contribution in [1.82, 2.24) is 4.57 Å². The fourth-order valence-corrected chi connectivity index (χ4v) is 3.65. The lowest BCUT2D eigenvalue weighted by Gasteiger charge is -2.18. The molecule has 146 valence electrons. The Balaban J connectivity index is 1.37. The lowest BCUT2D eigenvalue weighted by Crippen LogP contribution is -2.19. The van der Waals surface area contributed by atoms with Crippen molar-refractivity contribution in [2.75, 3.05) is 23.3 Å². The van der Waals surface area contributed by atoms with Crippen LogP contribution in [0.1, 0.15) is 25.7 Å². The molecular weight excluding hydrogens is 361 g/mol. The molecule has 2 heterocycles. The molecule has 0 aliphatic carbocycles. The van der Waals surface area contributed by atoms with E-state index in [0.717, 1.165) is 31.6 Å². The van der Waals surface area contributed by atoms with Gasteiger partial charge in [-0.3, -0.25) is 9.36 Å². The van der Waals surface area contributed by atoms with Gasteiger partial charge in [0.1, 0.15) is 5.82 Å². The number of benzene rings is 2. The highest BCUT2D eigenvalue weighted by Crippen LogP contribution is 2.25. The molecule has 1 N–H and O–H groups in total. The lowest BCUT2D eigenvalue weighted by molar-refractivity contribution is -0.116. The zero-order valence-corrected chi connectivity index (χ0v) is 15.5. The fourth-order valence-electron chi connectivity index (χ4n) is 3.65. The normalized spacial score (nSPS) is 14.0. The van der Waals surface area contributed by atoms with Crippen LogP contribution in [0.25, 0.3) is 11.1 Å². The van der Waals surface area contributed by atoms with E-state index in [9.17, 15) is 14.0 Å². The number of nitrogens with zero attached hydrogens (tertiary/aromatic N) is 2. The third-order valence-corrected chi connectivity index (χ3v) is 5.00. The van der Waals surface area contributed by atoms with Gasteiger partial charge < -0.3 is 14.6 Å². The van der Waals surface area contributed by atoms with Gasteiger partial charge in [-0.1, -0.05) is 12.1 Å². The molecule has 4 rings (SSSR count). The predicted octanol–water partition coefficient (Wildman–Crippen LogP) is 3.75. The second kappa shape index (κ2) is 7.88.